The summed E-state index contributed by atoms with van der Waals surface area (Å²) in [6, 6.07) is 9.31. The van der Waals surface area contributed by atoms with Crippen LogP contribution in [0.1, 0.15) is 16.7 Å². The van der Waals surface area contributed by atoms with Crippen molar-refractivity contribution in [1.29, 1.82) is 0 Å². The van der Waals surface area contributed by atoms with Gasteiger partial charge in [-0.2, -0.15) is 13.2 Å². The van der Waals surface area contributed by atoms with E-state index in [1.165, 1.54) is 18.2 Å². The SMILES string of the molecule is O=C(NCc1ccc(F)cc1)[C@@H]1Cc2cc(C(F)(F)F)ccc2N2CCN(c3cnccn3)C[C@H]12. The minimum atomic E-state index is -4.46. The van der Waals surface area contributed by atoms with Crippen LogP contribution in [0.15, 0.2) is 61.1 Å². The summed E-state index contributed by atoms with van der Waals surface area (Å²) in [6.45, 7) is 1.81. The molecule has 1 N–H and O–H groups in total. The number of fused-ring (bicyclic) bond motifs is 3. The highest BCUT2D eigenvalue weighted by molar-refractivity contribution is 5.82. The van der Waals surface area contributed by atoms with Crippen LogP contribution in [-0.2, 0) is 23.9 Å². The molecule has 2 aliphatic heterocycles. The maximum absolute atomic E-state index is 13.4. The maximum atomic E-state index is 13.4. The topological polar surface area (TPSA) is 61.4 Å². The van der Waals surface area contributed by atoms with Crippen LogP contribution in [-0.4, -0.2) is 41.6 Å². The van der Waals surface area contributed by atoms with Gasteiger partial charge in [0, 0.05) is 44.3 Å². The molecule has 2 aromatic carbocycles. The van der Waals surface area contributed by atoms with E-state index in [2.05, 4.69) is 15.3 Å². The van der Waals surface area contributed by atoms with Gasteiger partial charge in [0.25, 0.3) is 0 Å². The van der Waals surface area contributed by atoms with Crippen molar-refractivity contribution in [2.24, 2.45) is 5.92 Å². The van der Waals surface area contributed by atoms with Crippen molar-refractivity contribution >= 4 is 17.4 Å². The average Bonchev–Trinajstić information content (AvgIpc) is 2.87. The van der Waals surface area contributed by atoms with Gasteiger partial charge < -0.3 is 15.1 Å². The van der Waals surface area contributed by atoms with E-state index in [0.29, 0.717) is 31.0 Å². The number of halogens is 4. The number of aromatic nitrogens is 2. The molecule has 0 unspecified atom stereocenters. The highest BCUT2D eigenvalue weighted by Gasteiger charge is 2.43. The summed E-state index contributed by atoms with van der Waals surface area (Å²) in [5.41, 5.74) is 1.24. The maximum Gasteiger partial charge on any atom is 0.416 e. The third kappa shape index (κ3) is 4.78. The van der Waals surface area contributed by atoms with Gasteiger partial charge in [-0.15, -0.1) is 0 Å². The third-order valence-corrected chi connectivity index (χ3v) is 6.63. The smallest absolute Gasteiger partial charge is 0.364 e. The Morgan fingerprint density at radius 3 is 2.60 bits per heavy atom. The molecule has 1 fully saturated rings. The standard InChI is InChI=1S/C25H23F4N5O/c26-19-4-1-16(2-5-19)13-32-24(35)20-12-17-11-18(25(27,28)29)3-6-21(17)34-10-9-33(15-22(20)34)23-14-30-7-8-31-23/h1-8,11,14,20,22H,9-10,12-13,15H2,(H,32,35)/t20-,22-/m1/s1. The number of piperazine rings is 1. The number of hydrogen-bond acceptors (Lipinski definition) is 5. The van der Waals surface area contributed by atoms with Gasteiger partial charge in [-0.25, -0.2) is 9.37 Å². The van der Waals surface area contributed by atoms with E-state index in [0.717, 1.165) is 23.4 Å². The first-order chi connectivity index (χ1) is 16.8. The molecule has 2 atom stereocenters. The Kier molecular flexibility index (Phi) is 6.04. The molecule has 3 heterocycles. The molecule has 3 aromatic rings. The number of rotatable bonds is 4. The number of benzene rings is 2. The molecular weight excluding hydrogens is 462 g/mol. The Hall–Kier alpha value is -3.69. The van der Waals surface area contributed by atoms with Crippen LogP contribution in [0.4, 0.5) is 29.1 Å². The molecule has 6 nitrogen and oxygen atoms in total. The quantitative estimate of drug-likeness (QED) is 0.570. The van der Waals surface area contributed by atoms with Crippen LogP contribution in [0.2, 0.25) is 0 Å². The summed E-state index contributed by atoms with van der Waals surface area (Å²) in [7, 11) is 0. The monoisotopic (exact) mass is 485 g/mol. The molecule has 0 saturated carbocycles. The lowest BCUT2D eigenvalue weighted by Gasteiger charge is -2.49. The Balaban J connectivity index is 1.43. The van der Waals surface area contributed by atoms with Crippen molar-refractivity contribution < 1.29 is 22.4 Å². The van der Waals surface area contributed by atoms with Gasteiger partial charge in [0.05, 0.1) is 23.7 Å². The number of anilines is 2. The van der Waals surface area contributed by atoms with Crippen molar-refractivity contribution in [1.82, 2.24) is 15.3 Å². The molecule has 1 saturated heterocycles. The minimum Gasteiger partial charge on any atom is -0.364 e. The second-order valence-corrected chi connectivity index (χ2v) is 8.77. The first-order valence-electron chi connectivity index (χ1n) is 11.3. The molecule has 5 rings (SSSR count). The molecule has 0 aliphatic carbocycles. The molecule has 10 heteroatoms. The molecular formula is C25H23F4N5O. The van der Waals surface area contributed by atoms with Gasteiger partial charge in [0.2, 0.25) is 5.91 Å². The summed E-state index contributed by atoms with van der Waals surface area (Å²) in [4.78, 5) is 25.9. The zero-order valence-electron chi connectivity index (χ0n) is 18.7. The molecule has 1 amide bonds. The van der Waals surface area contributed by atoms with Crippen molar-refractivity contribution in [3.05, 3.63) is 83.6 Å². The highest BCUT2D eigenvalue weighted by Crippen LogP contribution is 2.40. The summed E-state index contributed by atoms with van der Waals surface area (Å²) in [5, 5.41) is 2.89. The van der Waals surface area contributed by atoms with E-state index in [4.69, 9.17) is 0 Å². The fourth-order valence-corrected chi connectivity index (χ4v) is 4.88. The van der Waals surface area contributed by atoms with Crippen LogP contribution < -0.4 is 15.1 Å². The second kappa shape index (κ2) is 9.16. The largest absolute Gasteiger partial charge is 0.416 e. The minimum absolute atomic E-state index is 0.185. The van der Waals surface area contributed by atoms with Gasteiger partial charge >= 0.3 is 6.18 Å². The molecule has 0 radical (unpaired) electrons. The van der Waals surface area contributed by atoms with Gasteiger partial charge in [-0.3, -0.25) is 9.78 Å². The summed E-state index contributed by atoms with van der Waals surface area (Å²) < 4.78 is 53.4. The first-order valence-corrected chi connectivity index (χ1v) is 11.3. The van der Waals surface area contributed by atoms with E-state index in [9.17, 15) is 22.4 Å². The summed E-state index contributed by atoms with van der Waals surface area (Å²) in [6.07, 6.45) is 0.566. The van der Waals surface area contributed by atoms with E-state index in [1.54, 1.807) is 30.7 Å². The third-order valence-electron chi connectivity index (χ3n) is 6.63. The second-order valence-electron chi connectivity index (χ2n) is 8.77. The number of nitrogens with one attached hydrogen (secondary N) is 1. The fraction of sp³-hybridized carbons (Fsp3) is 0.320. The normalized spacial score (nSPS) is 19.7. The Bertz CT molecular complexity index is 1200. The molecule has 1 aromatic heterocycles. The lowest BCUT2D eigenvalue weighted by Crippen LogP contribution is -2.61. The van der Waals surface area contributed by atoms with Crippen molar-refractivity contribution in [2.45, 2.75) is 25.2 Å². The van der Waals surface area contributed by atoms with Crippen molar-refractivity contribution in [2.75, 3.05) is 29.4 Å². The Morgan fingerprint density at radius 1 is 1.09 bits per heavy atom. The van der Waals surface area contributed by atoms with E-state index < -0.39 is 17.7 Å². The van der Waals surface area contributed by atoms with Crippen LogP contribution >= 0.6 is 0 Å². The highest BCUT2D eigenvalue weighted by atomic mass is 19.4. The van der Waals surface area contributed by atoms with Gasteiger partial charge in [-0.1, -0.05) is 12.1 Å². The zero-order valence-corrected chi connectivity index (χ0v) is 18.7. The van der Waals surface area contributed by atoms with E-state index >= 15 is 0 Å². The van der Waals surface area contributed by atoms with Crippen LogP contribution in [0.25, 0.3) is 0 Å². The lowest BCUT2D eigenvalue weighted by molar-refractivity contribution is -0.137. The number of nitrogens with zero attached hydrogens (tertiary/aromatic N) is 4. The first kappa shape index (κ1) is 23.1. The van der Waals surface area contributed by atoms with Gasteiger partial charge in [0.15, 0.2) is 0 Å². The zero-order chi connectivity index (χ0) is 24.6. The van der Waals surface area contributed by atoms with Gasteiger partial charge in [0.1, 0.15) is 11.6 Å². The van der Waals surface area contributed by atoms with Crippen LogP contribution in [0.3, 0.4) is 0 Å². The van der Waals surface area contributed by atoms with Crippen LogP contribution in [0.5, 0.6) is 0 Å². The van der Waals surface area contributed by atoms with E-state index in [-0.39, 0.29) is 30.7 Å². The average molecular weight is 485 g/mol. The molecule has 0 bridgehead atoms. The van der Waals surface area contributed by atoms with E-state index in [1.807, 2.05) is 9.80 Å². The lowest BCUT2D eigenvalue weighted by atomic mass is 9.82. The predicted octanol–water partition coefficient (Wildman–Crippen LogP) is 3.82. The summed E-state index contributed by atoms with van der Waals surface area (Å²) >= 11 is 0. The molecule has 2 aliphatic rings. The predicted molar refractivity (Wildman–Crippen MR) is 122 cm³/mol. The van der Waals surface area contributed by atoms with Crippen molar-refractivity contribution in [3.8, 4) is 0 Å². The molecule has 35 heavy (non-hydrogen) atoms. The van der Waals surface area contributed by atoms with Crippen LogP contribution in [0, 0.1) is 11.7 Å². The Morgan fingerprint density at radius 2 is 1.89 bits per heavy atom. The Labute approximate surface area is 199 Å². The molecule has 0 spiro atoms. The number of hydrogen-bond donors (Lipinski definition) is 1. The number of amides is 1. The number of carbonyl (C=O) groups excluding carboxylic acids is 1. The summed E-state index contributed by atoms with van der Waals surface area (Å²) in [5.74, 6) is -0.512. The van der Waals surface area contributed by atoms with Gasteiger partial charge in [-0.05, 0) is 47.9 Å². The number of alkyl halides is 3. The number of carbonyl (C=O) groups is 1. The fourth-order valence-electron chi connectivity index (χ4n) is 4.88. The van der Waals surface area contributed by atoms with Crippen molar-refractivity contribution in [3.63, 3.8) is 0 Å². The molecule has 182 valence electrons.